The number of anilines is 1. The van der Waals surface area contributed by atoms with E-state index >= 15 is 0 Å². The minimum Gasteiger partial charge on any atom is -0.507 e. The Morgan fingerprint density at radius 3 is 2.46 bits per heavy atom. The number of hydrogen-bond acceptors (Lipinski definition) is 10. The van der Waals surface area contributed by atoms with Crippen LogP contribution in [-0.2, 0) is 14.3 Å². The van der Waals surface area contributed by atoms with Gasteiger partial charge in [-0.1, -0.05) is 17.4 Å². The number of carbonyl (C=O) groups is 3. The summed E-state index contributed by atoms with van der Waals surface area (Å²) in [7, 11) is 1.52. The van der Waals surface area contributed by atoms with Crippen molar-refractivity contribution in [1.82, 2.24) is 4.98 Å². The summed E-state index contributed by atoms with van der Waals surface area (Å²) in [4.78, 5) is 45.2. The van der Waals surface area contributed by atoms with E-state index in [9.17, 15) is 24.6 Å². The van der Waals surface area contributed by atoms with Crippen LogP contribution in [0.25, 0.3) is 5.76 Å². The molecule has 2 aromatic carbocycles. The predicted octanol–water partition coefficient (Wildman–Crippen LogP) is 4.68. The van der Waals surface area contributed by atoms with Crippen LogP contribution in [0.1, 0.15) is 51.9 Å². The first-order valence-corrected chi connectivity index (χ1v) is 13.0. The van der Waals surface area contributed by atoms with Gasteiger partial charge in [0.2, 0.25) is 0 Å². The highest BCUT2D eigenvalue weighted by atomic mass is 32.1. The molecule has 11 heteroatoms. The summed E-state index contributed by atoms with van der Waals surface area (Å²) in [6.45, 7) is 7.23. The first kappa shape index (κ1) is 27.6. The Hall–Kier alpha value is -4.38. The molecule has 39 heavy (non-hydrogen) atoms. The van der Waals surface area contributed by atoms with Crippen LogP contribution in [0.4, 0.5) is 5.13 Å². The van der Waals surface area contributed by atoms with Crippen molar-refractivity contribution in [3.8, 4) is 17.2 Å². The third-order valence-corrected chi connectivity index (χ3v) is 7.30. The number of carbonyl (C=O) groups excluding carboxylic acids is 3. The molecular formula is C28H28N2O8S. The van der Waals surface area contributed by atoms with Gasteiger partial charge in [-0.3, -0.25) is 14.5 Å². The molecule has 10 nitrogen and oxygen atoms in total. The van der Waals surface area contributed by atoms with Gasteiger partial charge in [-0.2, -0.15) is 0 Å². The Balaban J connectivity index is 1.95. The summed E-state index contributed by atoms with van der Waals surface area (Å²) < 4.78 is 15.9. The highest BCUT2D eigenvalue weighted by Gasteiger charge is 2.48. The number of Topliss-reactive ketones (excluding diaryl/α,β-unsaturated/α-hetero) is 1. The van der Waals surface area contributed by atoms with Crippen molar-refractivity contribution < 1.29 is 38.8 Å². The van der Waals surface area contributed by atoms with E-state index in [1.165, 1.54) is 25.3 Å². The second-order valence-corrected chi connectivity index (χ2v) is 9.62. The van der Waals surface area contributed by atoms with Crippen molar-refractivity contribution >= 4 is 39.9 Å². The van der Waals surface area contributed by atoms with E-state index in [1.54, 1.807) is 45.9 Å². The molecule has 0 bridgehead atoms. The number of phenols is 1. The van der Waals surface area contributed by atoms with Gasteiger partial charge in [0.1, 0.15) is 16.4 Å². The van der Waals surface area contributed by atoms with Crippen molar-refractivity contribution in [1.29, 1.82) is 0 Å². The maximum absolute atomic E-state index is 13.5. The number of amides is 1. The van der Waals surface area contributed by atoms with Crippen LogP contribution in [-0.4, -0.2) is 53.2 Å². The van der Waals surface area contributed by atoms with Gasteiger partial charge >= 0.3 is 11.9 Å². The van der Waals surface area contributed by atoms with E-state index in [4.69, 9.17) is 14.2 Å². The molecule has 1 saturated heterocycles. The lowest BCUT2D eigenvalue weighted by atomic mass is 9.94. The Bertz CT molecular complexity index is 1490. The lowest BCUT2D eigenvalue weighted by molar-refractivity contribution is -0.132. The summed E-state index contributed by atoms with van der Waals surface area (Å²) in [6, 6.07) is 8.16. The number of hydrogen-bond donors (Lipinski definition) is 2. The summed E-state index contributed by atoms with van der Waals surface area (Å²) in [6.07, 6.45) is 0. The Morgan fingerprint density at radius 1 is 1.08 bits per heavy atom. The van der Waals surface area contributed by atoms with Gasteiger partial charge in [0.05, 0.1) is 37.6 Å². The Labute approximate surface area is 229 Å². The van der Waals surface area contributed by atoms with E-state index in [1.807, 2.05) is 0 Å². The Morgan fingerprint density at radius 2 is 1.82 bits per heavy atom. The van der Waals surface area contributed by atoms with Crippen molar-refractivity contribution in [2.24, 2.45) is 0 Å². The fourth-order valence-corrected chi connectivity index (χ4v) is 5.36. The number of aliphatic hydroxyl groups is 1. The Kier molecular flexibility index (Phi) is 7.91. The molecule has 1 aliphatic rings. The molecule has 2 heterocycles. The molecule has 0 aliphatic carbocycles. The number of nitrogens with zero attached hydrogens (tertiary/aromatic N) is 2. The molecule has 1 aromatic heterocycles. The van der Waals surface area contributed by atoms with E-state index < -0.39 is 29.5 Å². The van der Waals surface area contributed by atoms with E-state index in [0.717, 1.165) is 16.2 Å². The molecule has 0 spiro atoms. The lowest BCUT2D eigenvalue weighted by Gasteiger charge is -2.23. The number of aromatic nitrogens is 1. The molecule has 0 saturated carbocycles. The zero-order valence-corrected chi connectivity index (χ0v) is 22.9. The third kappa shape index (κ3) is 5.05. The first-order chi connectivity index (χ1) is 18.6. The van der Waals surface area contributed by atoms with Crippen LogP contribution < -0.4 is 14.4 Å². The monoisotopic (exact) mass is 552 g/mol. The van der Waals surface area contributed by atoms with Crippen LogP contribution in [0.3, 0.4) is 0 Å². The van der Waals surface area contributed by atoms with Gasteiger partial charge in [0.15, 0.2) is 16.6 Å². The highest BCUT2D eigenvalue weighted by molar-refractivity contribution is 7.17. The molecule has 1 aliphatic heterocycles. The van der Waals surface area contributed by atoms with Crippen LogP contribution in [0.2, 0.25) is 0 Å². The first-order valence-electron chi connectivity index (χ1n) is 12.2. The molecule has 1 amide bonds. The van der Waals surface area contributed by atoms with E-state index in [0.29, 0.717) is 28.1 Å². The third-order valence-electron chi connectivity index (χ3n) is 6.16. The fraction of sp³-hybridized carbons (Fsp3) is 0.286. The number of aryl methyl sites for hydroxylation is 2. The van der Waals surface area contributed by atoms with Crippen LogP contribution in [0.15, 0.2) is 42.0 Å². The smallest absolute Gasteiger partial charge is 0.350 e. The summed E-state index contributed by atoms with van der Waals surface area (Å²) in [5.41, 5.74) is 1.56. The lowest BCUT2D eigenvalue weighted by Crippen LogP contribution is -2.29. The zero-order chi connectivity index (χ0) is 28.4. The van der Waals surface area contributed by atoms with Crippen molar-refractivity contribution in [3.63, 3.8) is 0 Å². The van der Waals surface area contributed by atoms with Crippen molar-refractivity contribution in [2.75, 3.05) is 25.2 Å². The van der Waals surface area contributed by atoms with Gasteiger partial charge in [-0.15, -0.1) is 0 Å². The maximum atomic E-state index is 13.5. The van der Waals surface area contributed by atoms with E-state index in [2.05, 4.69) is 4.98 Å². The number of esters is 1. The quantitative estimate of drug-likeness (QED) is 0.177. The van der Waals surface area contributed by atoms with Crippen molar-refractivity contribution in [2.45, 2.75) is 33.7 Å². The van der Waals surface area contributed by atoms with Gasteiger partial charge in [0, 0.05) is 5.56 Å². The minimum absolute atomic E-state index is 0.0821. The minimum atomic E-state index is -1.13. The average Bonchev–Trinajstić information content (AvgIpc) is 3.41. The molecule has 4 rings (SSSR count). The molecule has 204 valence electrons. The number of rotatable bonds is 8. The van der Waals surface area contributed by atoms with Crippen molar-refractivity contribution in [3.05, 3.63) is 69.2 Å². The summed E-state index contributed by atoms with van der Waals surface area (Å²) in [5.74, 6) is -2.24. The maximum Gasteiger partial charge on any atom is 0.350 e. The second-order valence-electron chi connectivity index (χ2n) is 8.65. The molecule has 0 radical (unpaired) electrons. The van der Waals surface area contributed by atoms with E-state index in [-0.39, 0.29) is 40.3 Å². The van der Waals surface area contributed by atoms with Gasteiger partial charge in [-0.25, -0.2) is 9.78 Å². The normalized spacial score (nSPS) is 16.4. The number of thiazole rings is 1. The van der Waals surface area contributed by atoms with Crippen LogP contribution in [0.5, 0.6) is 17.2 Å². The number of aliphatic hydroxyl groups excluding tert-OH is 1. The molecule has 1 atom stereocenters. The number of phenolic OH excluding ortho intramolecular Hbond substituents is 1. The molecule has 1 fully saturated rings. The number of ether oxygens (including phenoxy) is 3. The topological polar surface area (TPSA) is 135 Å². The summed E-state index contributed by atoms with van der Waals surface area (Å²) in [5, 5.41) is 21.8. The highest BCUT2D eigenvalue weighted by Crippen LogP contribution is 2.45. The predicted molar refractivity (Wildman–Crippen MR) is 145 cm³/mol. The molecule has 2 N–H and O–H groups in total. The summed E-state index contributed by atoms with van der Waals surface area (Å²) >= 11 is 0.909. The largest absolute Gasteiger partial charge is 0.507 e. The number of ketones is 1. The zero-order valence-electron chi connectivity index (χ0n) is 22.1. The average molecular weight is 553 g/mol. The van der Waals surface area contributed by atoms with Crippen LogP contribution >= 0.6 is 11.3 Å². The second kappa shape index (κ2) is 11.2. The number of benzene rings is 2. The van der Waals surface area contributed by atoms with Gasteiger partial charge in [0.25, 0.3) is 5.78 Å². The molecule has 3 aromatic rings. The molecule has 0 unspecified atom stereocenters. The standard InChI is InChI=1S/C28H28N2O8S/c1-6-37-20-13-16(8-10-18(20)31)22-21(23(32)17-9-11-19(36-5)14(3)12-17)24(33)26(34)30(22)28-29-15(4)25(39-28)27(35)38-7-2/h8-13,22,31-32H,6-7H2,1-5H3/t22-/m0/s1. The van der Waals surface area contributed by atoms with Gasteiger partial charge < -0.3 is 24.4 Å². The SMILES string of the molecule is CCOC(=O)c1sc(N2C(=O)C(=O)C(=C(O)c3ccc(OC)c(C)c3)[C@@H]2c2ccc(O)c(OCC)c2)nc1C. The van der Waals surface area contributed by atoms with Gasteiger partial charge in [-0.05, 0) is 69.2 Å². The molecular weight excluding hydrogens is 524 g/mol. The fourth-order valence-electron chi connectivity index (χ4n) is 4.37. The van der Waals surface area contributed by atoms with Crippen LogP contribution in [0, 0.1) is 13.8 Å². The number of methoxy groups -OCH3 is 1. The number of aromatic hydroxyl groups is 1.